The zero-order valence-corrected chi connectivity index (χ0v) is 18.1. The van der Waals surface area contributed by atoms with Gasteiger partial charge in [0.15, 0.2) is 5.82 Å². The van der Waals surface area contributed by atoms with E-state index in [1.807, 2.05) is 54.6 Å². The molecule has 32 heavy (non-hydrogen) atoms. The molecule has 4 rings (SSSR count). The summed E-state index contributed by atoms with van der Waals surface area (Å²) in [6, 6.07) is 17.0. The normalized spacial score (nSPS) is 13.7. The van der Waals surface area contributed by atoms with E-state index in [-0.39, 0.29) is 17.8 Å². The molecule has 3 aromatic rings. The van der Waals surface area contributed by atoms with Crippen molar-refractivity contribution in [1.82, 2.24) is 24.6 Å². The number of hydrogen-bond donors (Lipinski definition) is 0. The molecule has 0 unspecified atom stereocenters. The quantitative estimate of drug-likeness (QED) is 0.612. The number of benzene rings is 2. The number of hydrogen-bond acceptors (Lipinski definition) is 6. The van der Waals surface area contributed by atoms with E-state index in [0.717, 1.165) is 17.0 Å². The predicted octanol–water partition coefficient (Wildman–Crippen LogP) is 2.86. The fraction of sp³-hybridized carbons (Fsp3) is 0.304. The Morgan fingerprint density at radius 2 is 1.59 bits per heavy atom. The van der Waals surface area contributed by atoms with Crippen molar-refractivity contribution in [2.24, 2.45) is 0 Å². The van der Waals surface area contributed by atoms with Crippen LogP contribution in [0.5, 0.6) is 5.75 Å². The van der Waals surface area contributed by atoms with E-state index >= 15 is 0 Å². The Balaban J connectivity index is 1.60. The number of amides is 2. The van der Waals surface area contributed by atoms with Crippen molar-refractivity contribution in [2.75, 3.05) is 39.9 Å². The zero-order chi connectivity index (χ0) is 22.5. The summed E-state index contributed by atoms with van der Waals surface area (Å²) in [5.74, 6) is 1.15. The van der Waals surface area contributed by atoms with Gasteiger partial charge in [0.25, 0.3) is 5.91 Å². The molecule has 1 aliphatic rings. The Labute approximate surface area is 186 Å². The van der Waals surface area contributed by atoms with E-state index in [1.165, 1.54) is 0 Å². The fourth-order valence-electron chi connectivity index (χ4n) is 3.53. The number of methoxy groups -OCH3 is 1. The average Bonchev–Trinajstić information content (AvgIpc) is 3.30. The van der Waals surface area contributed by atoms with Gasteiger partial charge < -0.3 is 19.3 Å². The van der Waals surface area contributed by atoms with E-state index in [2.05, 4.69) is 10.1 Å². The van der Waals surface area contributed by atoms with Crippen molar-refractivity contribution in [3.05, 3.63) is 60.4 Å². The lowest BCUT2D eigenvalue weighted by molar-refractivity contribution is 0.0561. The summed E-state index contributed by atoms with van der Waals surface area (Å²) in [7, 11) is 1.61. The second-order valence-electron chi connectivity index (χ2n) is 7.21. The summed E-state index contributed by atoms with van der Waals surface area (Å²) in [4.78, 5) is 32.9. The van der Waals surface area contributed by atoms with E-state index in [4.69, 9.17) is 9.47 Å². The first-order valence-electron chi connectivity index (χ1n) is 10.5. The van der Waals surface area contributed by atoms with Gasteiger partial charge in [0.1, 0.15) is 5.75 Å². The minimum Gasteiger partial charge on any atom is -0.497 e. The lowest BCUT2D eigenvalue weighted by atomic mass is 10.2. The van der Waals surface area contributed by atoms with Gasteiger partial charge in [-0.3, -0.25) is 4.79 Å². The third kappa shape index (κ3) is 4.41. The summed E-state index contributed by atoms with van der Waals surface area (Å²) in [6.07, 6.45) is -0.354. The first kappa shape index (κ1) is 21.4. The minimum absolute atomic E-state index is 0.115. The molecule has 0 saturated carbocycles. The SMILES string of the molecule is CCOC(=O)N1CCN(C(=O)c2nc(-c3ccccc3)n(-c3ccc(OC)cc3)n2)CC1. The summed E-state index contributed by atoms with van der Waals surface area (Å²) >= 11 is 0. The number of piperazine rings is 1. The van der Waals surface area contributed by atoms with Gasteiger partial charge in [-0.2, -0.15) is 0 Å². The third-order valence-electron chi connectivity index (χ3n) is 5.24. The highest BCUT2D eigenvalue weighted by Crippen LogP contribution is 2.23. The molecule has 0 bridgehead atoms. The smallest absolute Gasteiger partial charge is 0.409 e. The standard InChI is InChI=1S/C23H25N5O4/c1-3-32-23(30)27-15-13-26(14-16-27)22(29)20-24-21(17-7-5-4-6-8-17)28(25-20)18-9-11-19(31-2)12-10-18/h4-12H,3,13-16H2,1-2H3. The molecule has 1 fully saturated rings. The Morgan fingerprint density at radius 1 is 0.938 bits per heavy atom. The lowest BCUT2D eigenvalue weighted by Gasteiger charge is -2.33. The van der Waals surface area contributed by atoms with Crippen LogP contribution in [0.25, 0.3) is 17.1 Å². The van der Waals surface area contributed by atoms with Gasteiger partial charge in [-0.25, -0.2) is 14.5 Å². The van der Waals surface area contributed by atoms with Gasteiger partial charge >= 0.3 is 6.09 Å². The van der Waals surface area contributed by atoms with Gasteiger partial charge in [-0.05, 0) is 31.2 Å². The Hall–Kier alpha value is -3.88. The predicted molar refractivity (Wildman–Crippen MR) is 118 cm³/mol. The summed E-state index contributed by atoms with van der Waals surface area (Å²) in [5.41, 5.74) is 1.62. The first-order valence-corrected chi connectivity index (χ1v) is 10.5. The monoisotopic (exact) mass is 435 g/mol. The van der Waals surface area contributed by atoms with Crippen LogP contribution in [0.1, 0.15) is 17.5 Å². The average molecular weight is 435 g/mol. The van der Waals surface area contributed by atoms with E-state index < -0.39 is 0 Å². The highest BCUT2D eigenvalue weighted by Gasteiger charge is 2.28. The van der Waals surface area contributed by atoms with Crippen LogP contribution >= 0.6 is 0 Å². The van der Waals surface area contributed by atoms with E-state index in [0.29, 0.717) is 38.6 Å². The van der Waals surface area contributed by atoms with E-state index in [9.17, 15) is 9.59 Å². The molecule has 166 valence electrons. The molecule has 0 N–H and O–H groups in total. The van der Waals surface area contributed by atoms with Gasteiger partial charge in [-0.15, -0.1) is 5.10 Å². The molecular formula is C23H25N5O4. The molecule has 2 aromatic carbocycles. The number of ether oxygens (including phenoxy) is 2. The number of rotatable bonds is 5. The maximum absolute atomic E-state index is 13.2. The number of aromatic nitrogens is 3. The van der Waals surface area contributed by atoms with Crippen LogP contribution in [0.4, 0.5) is 4.79 Å². The largest absolute Gasteiger partial charge is 0.497 e. The van der Waals surface area contributed by atoms with Crippen molar-refractivity contribution < 1.29 is 19.1 Å². The second-order valence-corrected chi connectivity index (χ2v) is 7.21. The van der Waals surface area contributed by atoms with Crippen LogP contribution < -0.4 is 4.74 Å². The maximum Gasteiger partial charge on any atom is 0.409 e. The third-order valence-corrected chi connectivity index (χ3v) is 5.24. The van der Waals surface area contributed by atoms with Gasteiger partial charge in [0.05, 0.1) is 19.4 Å². The molecule has 9 nitrogen and oxygen atoms in total. The van der Waals surface area contributed by atoms with Gasteiger partial charge in [0.2, 0.25) is 5.82 Å². The molecule has 1 aliphatic heterocycles. The van der Waals surface area contributed by atoms with Crippen LogP contribution in [-0.2, 0) is 4.74 Å². The highest BCUT2D eigenvalue weighted by atomic mass is 16.6. The molecular weight excluding hydrogens is 410 g/mol. The van der Waals surface area contributed by atoms with Gasteiger partial charge in [0, 0.05) is 31.7 Å². The Kier molecular flexibility index (Phi) is 6.34. The summed E-state index contributed by atoms with van der Waals surface area (Å²) in [5, 5.41) is 4.54. The molecule has 0 atom stereocenters. The number of carbonyl (C=O) groups is 2. The molecule has 0 aliphatic carbocycles. The molecule has 1 saturated heterocycles. The highest BCUT2D eigenvalue weighted by molar-refractivity contribution is 5.91. The van der Waals surface area contributed by atoms with Crippen LogP contribution in [0.2, 0.25) is 0 Å². The fourth-order valence-corrected chi connectivity index (χ4v) is 3.53. The van der Waals surface area contributed by atoms with Crippen LogP contribution in [0.15, 0.2) is 54.6 Å². The van der Waals surface area contributed by atoms with Crippen molar-refractivity contribution >= 4 is 12.0 Å². The summed E-state index contributed by atoms with van der Waals surface area (Å²) < 4.78 is 11.9. The van der Waals surface area contributed by atoms with Crippen LogP contribution in [0.3, 0.4) is 0 Å². The molecule has 0 radical (unpaired) electrons. The van der Waals surface area contributed by atoms with E-state index in [1.54, 1.807) is 28.5 Å². The van der Waals surface area contributed by atoms with Crippen molar-refractivity contribution in [2.45, 2.75) is 6.92 Å². The molecule has 2 amide bonds. The van der Waals surface area contributed by atoms with Gasteiger partial charge in [-0.1, -0.05) is 30.3 Å². The number of carbonyl (C=O) groups excluding carboxylic acids is 2. The second kappa shape index (κ2) is 9.51. The van der Waals surface area contributed by atoms with Crippen LogP contribution in [-0.4, -0.2) is 76.5 Å². The number of nitrogens with zero attached hydrogens (tertiary/aromatic N) is 5. The van der Waals surface area contributed by atoms with Crippen LogP contribution in [0, 0.1) is 0 Å². The molecule has 0 spiro atoms. The molecule has 2 heterocycles. The summed E-state index contributed by atoms with van der Waals surface area (Å²) in [6.45, 7) is 3.72. The Bertz CT molecular complexity index is 1070. The van der Waals surface area contributed by atoms with Crippen molar-refractivity contribution in [1.29, 1.82) is 0 Å². The first-order chi connectivity index (χ1) is 15.6. The lowest BCUT2D eigenvalue weighted by Crippen LogP contribution is -2.51. The minimum atomic E-state index is -0.354. The van der Waals surface area contributed by atoms with Crippen molar-refractivity contribution in [3.63, 3.8) is 0 Å². The molecule has 9 heteroatoms. The Morgan fingerprint density at radius 3 is 2.22 bits per heavy atom. The topological polar surface area (TPSA) is 89.8 Å². The maximum atomic E-state index is 13.2. The molecule has 1 aromatic heterocycles. The zero-order valence-electron chi connectivity index (χ0n) is 18.1. The van der Waals surface area contributed by atoms with Crippen molar-refractivity contribution in [3.8, 4) is 22.8 Å².